The number of benzene rings is 1. The fraction of sp³-hybridized carbons (Fsp3) is 0.467. The molecule has 0 bridgehead atoms. The fourth-order valence-electron chi connectivity index (χ4n) is 2.16. The molecule has 0 radical (unpaired) electrons. The average Bonchev–Trinajstić information content (AvgIpc) is 2.28. The van der Waals surface area contributed by atoms with Crippen LogP contribution in [-0.4, -0.2) is 12.6 Å². The Hall–Kier alpha value is -1.82. The lowest BCUT2D eigenvalue weighted by Gasteiger charge is -2.14. The predicted molar refractivity (Wildman–Crippen MR) is 70.1 cm³/mol. The fourth-order valence-corrected chi connectivity index (χ4v) is 2.16. The van der Waals surface area contributed by atoms with Gasteiger partial charge in [-0.2, -0.15) is 5.26 Å². The molecule has 18 heavy (non-hydrogen) atoms. The van der Waals surface area contributed by atoms with Gasteiger partial charge in [0.25, 0.3) is 0 Å². The molecular formula is C15H19NO2. The number of esters is 1. The van der Waals surface area contributed by atoms with Gasteiger partial charge in [-0.15, -0.1) is 0 Å². The van der Waals surface area contributed by atoms with E-state index in [2.05, 4.69) is 12.1 Å². The van der Waals surface area contributed by atoms with Crippen molar-refractivity contribution in [3.63, 3.8) is 0 Å². The van der Waals surface area contributed by atoms with Gasteiger partial charge in [0.15, 0.2) is 0 Å². The first-order valence-corrected chi connectivity index (χ1v) is 6.12. The molecule has 3 heteroatoms. The van der Waals surface area contributed by atoms with Crippen molar-refractivity contribution in [3.05, 3.63) is 34.4 Å². The Morgan fingerprint density at radius 2 is 1.89 bits per heavy atom. The van der Waals surface area contributed by atoms with Crippen LogP contribution in [0.1, 0.15) is 29.2 Å². The molecule has 0 saturated carbocycles. The minimum Gasteiger partial charge on any atom is -0.465 e. The maximum atomic E-state index is 11.6. The van der Waals surface area contributed by atoms with Crippen molar-refractivity contribution in [2.75, 3.05) is 6.61 Å². The number of ether oxygens (including phenoxy) is 1. The molecule has 3 nitrogen and oxygen atoms in total. The molecule has 0 heterocycles. The highest BCUT2D eigenvalue weighted by molar-refractivity contribution is 5.75. The lowest BCUT2D eigenvalue weighted by Crippen LogP contribution is -2.19. The van der Waals surface area contributed by atoms with Crippen LogP contribution in [0.4, 0.5) is 0 Å². The van der Waals surface area contributed by atoms with E-state index in [4.69, 9.17) is 10.00 Å². The third-order valence-corrected chi connectivity index (χ3v) is 2.98. The summed E-state index contributed by atoms with van der Waals surface area (Å²) in [6, 6.07) is 6.17. The molecule has 0 spiro atoms. The summed E-state index contributed by atoms with van der Waals surface area (Å²) in [6.45, 7) is 8.11. The monoisotopic (exact) mass is 245 g/mol. The van der Waals surface area contributed by atoms with Gasteiger partial charge in [-0.05, 0) is 50.8 Å². The number of nitriles is 1. The molecule has 96 valence electrons. The molecule has 1 rings (SSSR count). The number of carbonyl (C=O) groups excluding carboxylic acids is 1. The maximum Gasteiger partial charge on any atom is 0.323 e. The number of hydrogen-bond donors (Lipinski definition) is 0. The minimum atomic E-state index is -0.718. The SMILES string of the molecule is CCOC(=O)C(C#N)Cc1c(C)cc(C)cc1C. The van der Waals surface area contributed by atoms with Crippen molar-refractivity contribution in [3.8, 4) is 6.07 Å². The Balaban J connectivity index is 2.96. The Morgan fingerprint density at radius 1 is 1.33 bits per heavy atom. The van der Waals surface area contributed by atoms with Gasteiger partial charge in [0.2, 0.25) is 0 Å². The number of aryl methyl sites for hydroxylation is 3. The highest BCUT2D eigenvalue weighted by atomic mass is 16.5. The molecule has 0 N–H and O–H groups in total. The third kappa shape index (κ3) is 3.33. The summed E-state index contributed by atoms with van der Waals surface area (Å²) in [4.78, 5) is 11.6. The zero-order chi connectivity index (χ0) is 13.7. The first kappa shape index (κ1) is 14.2. The van der Waals surface area contributed by atoms with Crippen LogP contribution in [0, 0.1) is 38.0 Å². The molecule has 0 aliphatic rings. The summed E-state index contributed by atoms with van der Waals surface area (Å²) in [6.07, 6.45) is 0.424. The number of hydrogen-bond acceptors (Lipinski definition) is 3. The number of carbonyl (C=O) groups is 1. The van der Waals surface area contributed by atoms with Gasteiger partial charge in [0, 0.05) is 0 Å². The Labute approximate surface area is 108 Å². The molecule has 0 fully saturated rings. The van der Waals surface area contributed by atoms with Crippen molar-refractivity contribution < 1.29 is 9.53 Å². The summed E-state index contributed by atoms with van der Waals surface area (Å²) < 4.78 is 4.91. The molecule has 0 amide bonds. The Bertz CT molecular complexity index is 463. The van der Waals surface area contributed by atoms with Crippen LogP contribution in [0.3, 0.4) is 0 Å². The van der Waals surface area contributed by atoms with E-state index in [0.29, 0.717) is 13.0 Å². The quantitative estimate of drug-likeness (QED) is 0.766. The van der Waals surface area contributed by atoms with Crippen LogP contribution >= 0.6 is 0 Å². The van der Waals surface area contributed by atoms with E-state index in [1.165, 1.54) is 5.56 Å². The van der Waals surface area contributed by atoms with E-state index in [1.807, 2.05) is 26.8 Å². The van der Waals surface area contributed by atoms with Crippen LogP contribution in [0.15, 0.2) is 12.1 Å². The lowest BCUT2D eigenvalue weighted by atomic mass is 9.92. The van der Waals surface area contributed by atoms with Gasteiger partial charge in [0.1, 0.15) is 5.92 Å². The second-order valence-corrected chi connectivity index (χ2v) is 4.52. The van der Waals surface area contributed by atoms with Crippen molar-refractivity contribution in [2.45, 2.75) is 34.1 Å². The van der Waals surface area contributed by atoms with Crippen molar-refractivity contribution in [1.29, 1.82) is 5.26 Å². The van der Waals surface area contributed by atoms with Crippen molar-refractivity contribution >= 4 is 5.97 Å². The van der Waals surface area contributed by atoms with Crippen molar-refractivity contribution in [2.24, 2.45) is 5.92 Å². The predicted octanol–water partition coefficient (Wildman–Crippen LogP) is 2.86. The van der Waals surface area contributed by atoms with E-state index < -0.39 is 11.9 Å². The van der Waals surface area contributed by atoms with Gasteiger partial charge in [-0.3, -0.25) is 4.79 Å². The highest BCUT2D eigenvalue weighted by Gasteiger charge is 2.21. The molecule has 1 unspecified atom stereocenters. The van der Waals surface area contributed by atoms with Crippen LogP contribution in [0.2, 0.25) is 0 Å². The Morgan fingerprint density at radius 3 is 2.33 bits per heavy atom. The minimum absolute atomic E-state index is 0.308. The van der Waals surface area contributed by atoms with Crippen LogP contribution in [-0.2, 0) is 16.0 Å². The maximum absolute atomic E-state index is 11.6. The topological polar surface area (TPSA) is 50.1 Å². The number of nitrogens with zero attached hydrogens (tertiary/aromatic N) is 1. The van der Waals surface area contributed by atoms with E-state index in [1.54, 1.807) is 6.92 Å². The van der Waals surface area contributed by atoms with Crippen LogP contribution < -0.4 is 0 Å². The Kier molecular flexibility index (Phi) is 4.91. The number of rotatable bonds is 4. The summed E-state index contributed by atoms with van der Waals surface area (Å²) >= 11 is 0. The normalized spacial score (nSPS) is 11.7. The van der Waals surface area contributed by atoms with Crippen LogP contribution in [0.25, 0.3) is 0 Å². The smallest absolute Gasteiger partial charge is 0.323 e. The first-order valence-electron chi connectivity index (χ1n) is 6.12. The van der Waals surface area contributed by atoms with Gasteiger partial charge in [-0.25, -0.2) is 0 Å². The zero-order valence-corrected chi connectivity index (χ0v) is 11.4. The molecule has 0 aliphatic heterocycles. The molecular weight excluding hydrogens is 226 g/mol. The van der Waals surface area contributed by atoms with Gasteiger partial charge in [-0.1, -0.05) is 17.7 Å². The first-order chi connectivity index (χ1) is 8.49. The zero-order valence-electron chi connectivity index (χ0n) is 11.4. The largest absolute Gasteiger partial charge is 0.465 e. The van der Waals surface area contributed by atoms with Gasteiger partial charge >= 0.3 is 5.97 Å². The lowest BCUT2D eigenvalue weighted by molar-refractivity contribution is -0.145. The second-order valence-electron chi connectivity index (χ2n) is 4.52. The van der Waals surface area contributed by atoms with Crippen LogP contribution in [0.5, 0.6) is 0 Å². The standard InChI is InChI=1S/C15H19NO2/c1-5-18-15(17)13(9-16)8-14-11(3)6-10(2)7-12(14)4/h6-7,13H,5,8H2,1-4H3. The molecule has 1 aromatic carbocycles. The van der Waals surface area contributed by atoms with E-state index in [-0.39, 0.29) is 0 Å². The van der Waals surface area contributed by atoms with Gasteiger partial charge in [0.05, 0.1) is 12.7 Å². The summed E-state index contributed by atoms with van der Waals surface area (Å²) in [7, 11) is 0. The second kappa shape index (κ2) is 6.20. The molecule has 0 aromatic heterocycles. The summed E-state index contributed by atoms with van der Waals surface area (Å²) in [5.74, 6) is -1.15. The van der Waals surface area contributed by atoms with E-state index in [0.717, 1.165) is 16.7 Å². The molecule has 0 aliphatic carbocycles. The molecule has 1 aromatic rings. The average molecular weight is 245 g/mol. The molecule has 0 saturated heterocycles. The summed E-state index contributed by atoms with van der Waals surface area (Å²) in [5.41, 5.74) is 4.51. The highest BCUT2D eigenvalue weighted by Crippen LogP contribution is 2.20. The van der Waals surface area contributed by atoms with Crippen molar-refractivity contribution in [1.82, 2.24) is 0 Å². The summed E-state index contributed by atoms with van der Waals surface area (Å²) in [5, 5.41) is 9.07. The van der Waals surface area contributed by atoms with E-state index in [9.17, 15) is 4.79 Å². The van der Waals surface area contributed by atoms with E-state index >= 15 is 0 Å². The third-order valence-electron chi connectivity index (χ3n) is 2.98. The molecule has 1 atom stereocenters. The van der Waals surface area contributed by atoms with Gasteiger partial charge < -0.3 is 4.74 Å².